The molecule has 0 spiro atoms. The number of amides is 3. The largest absolute Gasteiger partial charge is 0.444 e. The summed E-state index contributed by atoms with van der Waals surface area (Å²) in [6.07, 6.45) is 0.608. The topological polar surface area (TPSA) is 87.7 Å². The number of aryl methyl sites for hydroxylation is 3. The monoisotopic (exact) mass is 509 g/mol. The summed E-state index contributed by atoms with van der Waals surface area (Å²) in [5.41, 5.74) is 3.73. The summed E-state index contributed by atoms with van der Waals surface area (Å²) in [5.74, 6) is -0.554. The van der Waals surface area contributed by atoms with Crippen molar-refractivity contribution in [3.63, 3.8) is 0 Å². The molecule has 7 heteroatoms. The van der Waals surface area contributed by atoms with E-state index in [2.05, 4.69) is 17.6 Å². The third kappa shape index (κ3) is 8.62. The number of ether oxygens (including phenoxy) is 1. The fourth-order valence-corrected chi connectivity index (χ4v) is 4.21. The van der Waals surface area contributed by atoms with Crippen molar-refractivity contribution >= 4 is 23.6 Å². The normalized spacial score (nSPS) is 13.0. The van der Waals surface area contributed by atoms with Gasteiger partial charge in [0.25, 0.3) is 5.91 Å². The number of para-hydroxylation sites is 1. The Morgan fingerprint density at radius 1 is 0.973 bits per heavy atom. The summed E-state index contributed by atoms with van der Waals surface area (Å²) in [6, 6.07) is 11.8. The van der Waals surface area contributed by atoms with E-state index in [1.165, 1.54) is 4.90 Å². The van der Waals surface area contributed by atoms with Crippen LogP contribution < -0.4 is 10.6 Å². The molecule has 2 rings (SSSR count). The van der Waals surface area contributed by atoms with Gasteiger partial charge in [-0.15, -0.1) is 0 Å². The first-order valence-electron chi connectivity index (χ1n) is 13.0. The molecule has 0 aliphatic carbocycles. The molecule has 2 aromatic carbocycles. The van der Waals surface area contributed by atoms with Crippen LogP contribution in [-0.2, 0) is 20.7 Å². The highest BCUT2D eigenvalue weighted by atomic mass is 16.6. The molecular formula is C30H43N3O4. The van der Waals surface area contributed by atoms with Crippen LogP contribution in [0.3, 0.4) is 0 Å². The number of carbonyl (C=O) groups excluding carboxylic acids is 3. The molecule has 7 nitrogen and oxygen atoms in total. The fraction of sp³-hybridized carbons (Fsp3) is 0.500. The van der Waals surface area contributed by atoms with Gasteiger partial charge in [-0.2, -0.15) is 0 Å². The highest BCUT2D eigenvalue weighted by Crippen LogP contribution is 2.27. The van der Waals surface area contributed by atoms with Crippen molar-refractivity contribution in [3.05, 3.63) is 64.7 Å². The third-order valence-electron chi connectivity index (χ3n) is 6.11. The first-order chi connectivity index (χ1) is 17.2. The van der Waals surface area contributed by atoms with E-state index in [-0.39, 0.29) is 17.7 Å². The van der Waals surface area contributed by atoms with E-state index in [1.54, 1.807) is 27.8 Å². The Labute approximate surface area is 222 Å². The van der Waals surface area contributed by atoms with Crippen LogP contribution in [0, 0.1) is 19.8 Å². The number of hydrogen-bond donors (Lipinski definition) is 2. The lowest BCUT2D eigenvalue weighted by molar-refractivity contribution is -0.139. The molecule has 0 saturated heterocycles. The molecule has 202 valence electrons. The van der Waals surface area contributed by atoms with Crippen molar-refractivity contribution in [3.8, 4) is 0 Å². The minimum atomic E-state index is -0.896. The van der Waals surface area contributed by atoms with Gasteiger partial charge in [0.05, 0.1) is 0 Å². The van der Waals surface area contributed by atoms with E-state index >= 15 is 0 Å². The van der Waals surface area contributed by atoms with Crippen molar-refractivity contribution < 1.29 is 19.1 Å². The second kappa shape index (κ2) is 12.7. The maximum absolute atomic E-state index is 13.8. The molecule has 0 aliphatic rings. The van der Waals surface area contributed by atoms with Gasteiger partial charge < -0.3 is 20.3 Å². The van der Waals surface area contributed by atoms with E-state index in [4.69, 9.17) is 4.74 Å². The van der Waals surface area contributed by atoms with Gasteiger partial charge in [-0.05, 0) is 75.6 Å². The Morgan fingerprint density at radius 2 is 1.54 bits per heavy atom. The standard InChI is InChI=1S/C30H43N3O4/c1-10-22-14-16-23(17-15-22)26(27(34)32-25-20(4)12-11-13-21(25)5)33(9)28(35)24(18-19(2)3)31-29(36)37-30(6,7)8/h11-17,19,24,26H,10,18H2,1-9H3,(H,31,36)(H,32,34). The minimum Gasteiger partial charge on any atom is -0.444 e. The molecule has 2 N–H and O–H groups in total. The molecule has 0 fully saturated rings. The lowest BCUT2D eigenvalue weighted by Crippen LogP contribution is -2.51. The zero-order valence-electron chi connectivity index (χ0n) is 23.8. The molecule has 0 heterocycles. The Bertz CT molecular complexity index is 1070. The summed E-state index contributed by atoms with van der Waals surface area (Å²) in [6.45, 7) is 15.2. The maximum Gasteiger partial charge on any atom is 0.408 e. The van der Waals surface area contributed by atoms with E-state index in [9.17, 15) is 14.4 Å². The summed E-state index contributed by atoms with van der Waals surface area (Å²) >= 11 is 0. The van der Waals surface area contributed by atoms with E-state index in [0.29, 0.717) is 12.0 Å². The lowest BCUT2D eigenvalue weighted by Gasteiger charge is -2.32. The van der Waals surface area contributed by atoms with E-state index < -0.39 is 23.8 Å². The number of hydrogen-bond acceptors (Lipinski definition) is 4. The second-order valence-electron chi connectivity index (χ2n) is 11.0. The first-order valence-corrected chi connectivity index (χ1v) is 13.0. The molecule has 0 aliphatic heterocycles. The Balaban J connectivity index is 2.43. The van der Waals surface area contributed by atoms with Crippen LogP contribution in [0.15, 0.2) is 42.5 Å². The molecule has 2 unspecified atom stereocenters. The number of nitrogens with zero attached hydrogens (tertiary/aromatic N) is 1. The van der Waals surface area contributed by atoms with E-state index in [1.807, 2.05) is 70.2 Å². The molecule has 2 aromatic rings. The van der Waals surface area contributed by atoms with Crippen LogP contribution >= 0.6 is 0 Å². The van der Waals surface area contributed by atoms with Crippen molar-refractivity contribution in [2.24, 2.45) is 5.92 Å². The summed E-state index contributed by atoms with van der Waals surface area (Å²) < 4.78 is 5.40. The number of alkyl carbamates (subject to hydrolysis) is 1. The van der Waals surface area contributed by atoms with Gasteiger partial charge in [0.2, 0.25) is 5.91 Å². The van der Waals surface area contributed by atoms with Gasteiger partial charge in [0.15, 0.2) is 0 Å². The molecule has 0 radical (unpaired) electrons. The van der Waals surface area contributed by atoms with Gasteiger partial charge >= 0.3 is 6.09 Å². The second-order valence-corrected chi connectivity index (χ2v) is 11.0. The van der Waals surface area contributed by atoms with Gasteiger partial charge in [-0.1, -0.05) is 63.2 Å². The quantitative estimate of drug-likeness (QED) is 0.438. The predicted molar refractivity (Wildman–Crippen MR) is 148 cm³/mol. The number of anilines is 1. The summed E-state index contributed by atoms with van der Waals surface area (Å²) in [5, 5.41) is 5.78. The zero-order chi connectivity index (χ0) is 27.9. The zero-order valence-corrected chi connectivity index (χ0v) is 23.8. The van der Waals surface area contributed by atoms with Gasteiger partial charge in [0.1, 0.15) is 17.7 Å². The minimum absolute atomic E-state index is 0.128. The van der Waals surface area contributed by atoms with Crippen molar-refractivity contribution in [2.75, 3.05) is 12.4 Å². The molecule has 0 saturated carbocycles. The van der Waals surface area contributed by atoms with Crippen LogP contribution in [-0.4, -0.2) is 41.5 Å². The molecule has 37 heavy (non-hydrogen) atoms. The van der Waals surface area contributed by atoms with Gasteiger partial charge in [0, 0.05) is 12.7 Å². The average Bonchev–Trinajstić information content (AvgIpc) is 2.79. The fourth-order valence-electron chi connectivity index (χ4n) is 4.21. The Hall–Kier alpha value is -3.35. The van der Waals surface area contributed by atoms with Crippen molar-refractivity contribution in [2.45, 2.75) is 85.9 Å². The SMILES string of the molecule is CCc1ccc(C(C(=O)Nc2c(C)cccc2C)N(C)C(=O)C(CC(C)C)NC(=O)OC(C)(C)C)cc1. The van der Waals surface area contributed by atoms with Crippen molar-refractivity contribution in [1.29, 1.82) is 0 Å². The number of carbonyl (C=O) groups is 3. The molecule has 2 atom stereocenters. The Morgan fingerprint density at radius 3 is 2.03 bits per heavy atom. The molecule has 0 bridgehead atoms. The summed E-state index contributed by atoms with van der Waals surface area (Å²) in [4.78, 5) is 41.5. The average molecular weight is 510 g/mol. The van der Waals surface area contributed by atoms with Crippen LogP contribution in [0.4, 0.5) is 10.5 Å². The molecular weight excluding hydrogens is 466 g/mol. The van der Waals surface area contributed by atoms with Crippen LogP contribution in [0.25, 0.3) is 0 Å². The molecule has 3 amide bonds. The number of rotatable bonds is 9. The van der Waals surface area contributed by atoms with E-state index in [0.717, 1.165) is 28.8 Å². The predicted octanol–water partition coefficient (Wildman–Crippen LogP) is 5.94. The summed E-state index contributed by atoms with van der Waals surface area (Å²) in [7, 11) is 1.61. The highest BCUT2D eigenvalue weighted by Gasteiger charge is 2.34. The number of benzene rings is 2. The third-order valence-corrected chi connectivity index (χ3v) is 6.11. The van der Waals surface area contributed by atoms with Gasteiger partial charge in [-0.3, -0.25) is 9.59 Å². The number of nitrogens with one attached hydrogen (secondary N) is 2. The molecule has 0 aromatic heterocycles. The number of likely N-dealkylation sites (N-methyl/N-ethyl adjacent to an activating group) is 1. The smallest absolute Gasteiger partial charge is 0.408 e. The van der Waals surface area contributed by atoms with Crippen molar-refractivity contribution in [1.82, 2.24) is 10.2 Å². The lowest BCUT2D eigenvalue weighted by atomic mass is 9.98. The van der Waals surface area contributed by atoms with Gasteiger partial charge in [-0.25, -0.2) is 4.79 Å². The Kier molecular flexibility index (Phi) is 10.3. The van der Waals surface area contributed by atoms with Crippen LogP contribution in [0.2, 0.25) is 0 Å². The maximum atomic E-state index is 13.8. The van der Waals surface area contributed by atoms with Crippen LogP contribution in [0.5, 0.6) is 0 Å². The first kappa shape index (κ1) is 29.9. The van der Waals surface area contributed by atoms with Crippen LogP contribution in [0.1, 0.15) is 76.3 Å². The highest BCUT2D eigenvalue weighted by molar-refractivity contribution is 5.99.